The monoisotopic (exact) mass is 224 g/mol. The molecule has 3 heteroatoms. The van der Waals surface area contributed by atoms with Crippen LogP contribution in [-0.2, 0) is 0 Å². The van der Waals surface area contributed by atoms with Crippen molar-refractivity contribution < 1.29 is 0 Å². The number of halogens is 1. The summed E-state index contributed by atoms with van der Waals surface area (Å²) in [4.78, 5) is 4.06. The fraction of sp³-hybridized carbons (Fsp3) is 0.222. The zero-order valence-corrected chi connectivity index (χ0v) is 8.35. The van der Waals surface area contributed by atoms with Crippen LogP contribution < -0.4 is 5.73 Å². The summed E-state index contributed by atoms with van der Waals surface area (Å²) in [5.41, 5.74) is 8.09. The van der Waals surface area contributed by atoms with E-state index < -0.39 is 0 Å². The molecule has 0 radical (unpaired) electrons. The van der Waals surface area contributed by atoms with Gasteiger partial charge >= 0.3 is 0 Å². The van der Waals surface area contributed by atoms with Crippen molar-refractivity contribution in [3.63, 3.8) is 0 Å². The molecule has 1 heterocycles. The first kappa shape index (κ1) is 9.08. The average molecular weight is 225 g/mol. The van der Waals surface area contributed by atoms with E-state index in [1.165, 1.54) is 0 Å². The minimum Gasteiger partial charge on any atom is -0.396 e. The number of nitrogens with two attached hydrogens (primary N) is 1. The van der Waals surface area contributed by atoms with E-state index >= 15 is 0 Å². The van der Waals surface area contributed by atoms with Crippen LogP contribution in [0.1, 0.15) is 11.3 Å². The highest BCUT2D eigenvalue weighted by Crippen LogP contribution is 2.11. The van der Waals surface area contributed by atoms with Gasteiger partial charge in [0, 0.05) is 6.20 Å². The molecule has 62 valence electrons. The van der Waals surface area contributed by atoms with E-state index in [4.69, 9.17) is 5.73 Å². The third-order valence-electron chi connectivity index (χ3n) is 1.48. The molecule has 0 unspecified atom stereocenters. The zero-order chi connectivity index (χ0) is 8.97. The molecule has 0 aromatic carbocycles. The Kier molecular flexibility index (Phi) is 3.12. The molecule has 1 rings (SSSR count). The van der Waals surface area contributed by atoms with Gasteiger partial charge in [-0.1, -0.05) is 21.9 Å². The Labute approximate surface area is 80.3 Å². The molecule has 0 atom stereocenters. The van der Waals surface area contributed by atoms with Gasteiger partial charge in [0.05, 0.1) is 11.0 Å². The van der Waals surface area contributed by atoms with Gasteiger partial charge in [0.2, 0.25) is 0 Å². The maximum absolute atomic E-state index is 5.74. The molecular weight excluding hydrogens is 216 g/mol. The molecule has 0 bridgehead atoms. The number of alkyl halides is 1. The van der Waals surface area contributed by atoms with Crippen molar-refractivity contribution in [2.75, 3.05) is 11.1 Å². The molecule has 0 aliphatic rings. The maximum Gasteiger partial charge on any atom is 0.136 e. The number of pyridine rings is 1. The first-order chi connectivity index (χ1) is 5.75. The predicted molar refractivity (Wildman–Crippen MR) is 54.1 cm³/mol. The van der Waals surface area contributed by atoms with Crippen LogP contribution in [0.4, 0.5) is 5.69 Å². The summed E-state index contributed by atoms with van der Waals surface area (Å²) in [6.45, 7) is 1.94. The van der Waals surface area contributed by atoms with Crippen LogP contribution in [0.15, 0.2) is 12.3 Å². The molecule has 12 heavy (non-hydrogen) atoms. The molecule has 0 spiro atoms. The van der Waals surface area contributed by atoms with Crippen molar-refractivity contribution >= 4 is 21.6 Å². The topological polar surface area (TPSA) is 38.9 Å². The first-order valence-corrected chi connectivity index (χ1v) is 4.63. The second kappa shape index (κ2) is 4.13. The highest BCUT2D eigenvalue weighted by atomic mass is 79.9. The van der Waals surface area contributed by atoms with Gasteiger partial charge in [0.1, 0.15) is 5.69 Å². The predicted octanol–water partition coefficient (Wildman–Crippen LogP) is 1.72. The van der Waals surface area contributed by atoms with Crippen LogP contribution in [0, 0.1) is 18.8 Å². The SMILES string of the molecule is Cc1ccnc(C#CCBr)c1N. The largest absolute Gasteiger partial charge is 0.396 e. The lowest BCUT2D eigenvalue weighted by Crippen LogP contribution is -1.96. The third-order valence-corrected chi connectivity index (χ3v) is 1.76. The Hall–Kier alpha value is -1.01. The highest BCUT2D eigenvalue weighted by molar-refractivity contribution is 9.09. The minimum absolute atomic E-state index is 0.641. The molecule has 2 N–H and O–H groups in total. The Morgan fingerprint density at radius 1 is 1.67 bits per heavy atom. The van der Waals surface area contributed by atoms with E-state index in [-0.39, 0.29) is 0 Å². The van der Waals surface area contributed by atoms with Crippen LogP contribution in [0.2, 0.25) is 0 Å². The second-order valence-corrected chi connectivity index (χ2v) is 2.89. The third kappa shape index (κ3) is 1.99. The fourth-order valence-corrected chi connectivity index (χ4v) is 0.927. The molecule has 0 aliphatic carbocycles. The quantitative estimate of drug-likeness (QED) is 0.539. The van der Waals surface area contributed by atoms with Crippen LogP contribution in [0.3, 0.4) is 0 Å². The Bertz CT molecular complexity index is 336. The number of nitrogen functional groups attached to an aromatic ring is 1. The van der Waals surface area contributed by atoms with Crippen LogP contribution in [0.5, 0.6) is 0 Å². The van der Waals surface area contributed by atoms with Crippen molar-refractivity contribution in [1.82, 2.24) is 4.98 Å². The second-order valence-electron chi connectivity index (χ2n) is 2.33. The molecule has 2 nitrogen and oxygen atoms in total. The summed E-state index contributed by atoms with van der Waals surface area (Å²) in [6.07, 6.45) is 1.71. The van der Waals surface area contributed by atoms with E-state index in [1.54, 1.807) is 6.20 Å². The van der Waals surface area contributed by atoms with Crippen LogP contribution in [0.25, 0.3) is 0 Å². The maximum atomic E-state index is 5.74. The van der Waals surface area contributed by atoms with Gasteiger partial charge in [-0.05, 0) is 24.5 Å². The van der Waals surface area contributed by atoms with E-state index in [9.17, 15) is 0 Å². The number of aromatic nitrogens is 1. The summed E-state index contributed by atoms with van der Waals surface area (Å²) in [5.74, 6) is 5.73. The fourth-order valence-electron chi connectivity index (χ4n) is 0.786. The zero-order valence-electron chi connectivity index (χ0n) is 6.76. The summed E-state index contributed by atoms with van der Waals surface area (Å²) in [7, 11) is 0. The summed E-state index contributed by atoms with van der Waals surface area (Å²) in [5, 5.41) is 0.641. The normalized spacial score (nSPS) is 8.83. The van der Waals surface area contributed by atoms with Gasteiger partial charge in [0.25, 0.3) is 0 Å². The van der Waals surface area contributed by atoms with Gasteiger partial charge in [0.15, 0.2) is 0 Å². The number of rotatable bonds is 0. The summed E-state index contributed by atoms with van der Waals surface area (Å²) < 4.78 is 0. The summed E-state index contributed by atoms with van der Waals surface area (Å²) >= 11 is 3.21. The smallest absolute Gasteiger partial charge is 0.136 e. The summed E-state index contributed by atoms with van der Waals surface area (Å²) in [6, 6.07) is 1.87. The molecule has 1 aromatic rings. The lowest BCUT2D eigenvalue weighted by molar-refractivity contribution is 1.26. The van der Waals surface area contributed by atoms with E-state index in [2.05, 4.69) is 32.8 Å². The molecule has 0 fully saturated rings. The molecule has 0 aliphatic heterocycles. The molecule has 0 amide bonds. The molecule has 1 aromatic heterocycles. The van der Waals surface area contributed by atoms with E-state index in [0.717, 1.165) is 5.56 Å². The van der Waals surface area contributed by atoms with Gasteiger partial charge in [-0.2, -0.15) is 0 Å². The van der Waals surface area contributed by atoms with Crippen LogP contribution in [-0.4, -0.2) is 10.3 Å². The molecular formula is C9H9BrN2. The van der Waals surface area contributed by atoms with Crippen molar-refractivity contribution in [3.8, 4) is 11.8 Å². The van der Waals surface area contributed by atoms with Crippen molar-refractivity contribution in [2.24, 2.45) is 0 Å². The van der Waals surface area contributed by atoms with Crippen molar-refractivity contribution in [1.29, 1.82) is 0 Å². The lowest BCUT2D eigenvalue weighted by atomic mass is 10.2. The Morgan fingerprint density at radius 3 is 3.08 bits per heavy atom. The van der Waals surface area contributed by atoms with E-state index in [1.807, 2.05) is 13.0 Å². The average Bonchev–Trinajstić information content (AvgIpc) is 2.08. The van der Waals surface area contributed by atoms with Crippen molar-refractivity contribution in [3.05, 3.63) is 23.5 Å². The number of anilines is 1. The number of hydrogen-bond acceptors (Lipinski definition) is 2. The first-order valence-electron chi connectivity index (χ1n) is 3.51. The number of hydrogen-bond donors (Lipinski definition) is 1. The number of nitrogens with zero attached hydrogens (tertiary/aromatic N) is 1. The standard InChI is InChI=1S/C9H9BrN2/c1-7-4-6-12-8(9(7)11)3-2-5-10/h4,6H,5,11H2,1H3. The number of aryl methyl sites for hydroxylation is 1. The Morgan fingerprint density at radius 2 is 2.42 bits per heavy atom. The molecule has 0 saturated carbocycles. The van der Waals surface area contributed by atoms with Gasteiger partial charge in [-0.3, -0.25) is 0 Å². The van der Waals surface area contributed by atoms with Gasteiger partial charge in [-0.15, -0.1) is 0 Å². The minimum atomic E-state index is 0.641. The van der Waals surface area contributed by atoms with Gasteiger partial charge < -0.3 is 5.73 Å². The van der Waals surface area contributed by atoms with E-state index in [0.29, 0.717) is 16.7 Å². The van der Waals surface area contributed by atoms with Gasteiger partial charge in [-0.25, -0.2) is 4.98 Å². The van der Waals surface area contributed by atoms with Crippen molar-refractivity contribution in [2.45, 2.75) is 6.92 Å². The lowest BCUT2D eigenvalue weighted by Gasteiger charge is -1.99. The highest BCUT2D eigenvalue weighted by Gasteiger charge is 1.97. The Balaban J connectivity index is 3.08. The molecule has 0 saturated heterocycles. The van der Waals surface area contributed by atoms with Crippen LogP contribution >= 0.6 is 15.9 Å².